The number of halogens is 1. The van der Waals surface area contributed by atoms with Crippen molar-refractivity contribution in [2.24, 2.45) is 0 Å². The lowest BCUT2D eigenvalue weighted by Crippen LogP contribution is -2.37. The fourth-order valence-electron chi connectivity index (χ4n) is 2.13. The van der Waals surface area contributed by atoms with Crippen molar-refractivity contribution < 1.29 is 9.13 Å². The van der Waals surface area contributed by atoms with E-state index in [9.17, 15) is 4.39 Å². The first kappa shape index (κ1) is 10.4. The summed E-state index contributed by atoms with van der Waals surface area (Å²) < 4.78 is 18.4. The predicted octanol–water partition coefficient (Wildman–Crippen LogP) is 2.30. The van der Waals surface area contributed by atoms with E-state index < -0.39 is 0 Å². The van der Waals surface area contributed by atoms with Crippen LogP contribution in [0.3, 0.4) is 0 Å². The Morgan fingerprint density at radius 2 is 2.13 bits per heavy atom. The standard InChI is InChI=1S/C12H16FNO/c1-14-10-5-8(6-10)11-7-9(13)3-4-12(11)15-2/h3-4,7-8,10,14H,5-6H2,1-2H3. The fraction of sp³-hybridized carbons (Fsp3) is 0.500. The lowest BCUT2D eigenvalue weighted by Gasteiger charge is -2.36. The zero-order valence-electron chi connectivity index (χ0n) is 9.09. The highest BCUT2D eigenvalue weighted by Gasteiger charge is 2.31. The summed E-state index contributed by atoms with van der Waals surface area (Å²) in [4.78, 5) is 0. The van der Waals surface area contributed by atoms with E-state index in [1.165, 1.54) is 6.07 Å². The molecule has 1 aliphatic rings. The van der Waals surface area contributed by atoms with Gasteiger partial charge in [0.2, 0.25) is 0 Å². The molecule has 0 saturated heterocycles. The van der Waals surface area contributed by atoms with Crippen molar-refractivity contribution in [3.05, 3.63) is 29.6 Å². The second-order valence-corrected chi connectivity index (χ2v) is 4.04. The van der Waals surface area contributed by atoms with Crippen molar-refractivity contribution in [2.45, 2.75) is 24.8 Å². The Kier molecular flexibility index (Phi) is 2.91. The Morgan fingerprint density at radius 3 is 2.73 bits per heavy atom. The first-order valence-corrected chi connectivity index (χ1v) is 5.25. The van der Waals surface area contributed by atoms with Crippen molar-refractivity contribution in [1.29, 1.82) is 0 Å². The third-order valence-corrected chi connectivity index (χ3v) is 3.18. The van der Waals surface area contributed by atoms with E-state index in [1.54, 1.807) is 19.2 Å². The lowest BCUT2D eigenvalue weighted by atomic mass is 9.75. The summed E-state index contributed by atoms with van der Waals surface area (Å²) in [6, 6.07) is 5.31. The maximum absolute atomic E-state index is 13.1. The smallest absolute Gasteiger partial charge is 0.123 e. The molecule has 0 spiro atoms. The summed E-state index contributed by atoms with van der Waals surface area (Å²) >= 11 is 0. The molecular formula is C12H16FNO. The largest absolute Gasteiger partial charge is 0.496 e. The Morgan fingerprint density at radius 1 is 1.40 bits per heavy atom. The van der Waals surface area contributed by atoms with Crippen LogP contribution in [0.1, 0.15) is 24.3 Å². The maximum Gasteiger partial charge on any atom is 0.123 e. The van der Waals surface area contributed by atoms with Crippen LogP contribution in [0.5, 0.6) is 5.75 Å². The molecule has 0 bridgehead atoms. The minimum absolute atomic E-state index is 0.182. The van der Waals surface area contributed by atoms with Crippen molar-refractivity contribution in [1.82, 2.24) is 5.32 Å². The van der Waals surface area contributed by atoms with Crippen LogP contribution in [0.25, 0.3) is 0 Å². The van der Waals surface area contributed by atoms with Gasteiger partial charge >= 0.3 is 0 Å². The molecule has 0 atom stereocenters. The summed E-state index contributed by atoms with van der Waals surface area (Å²) in [5.74, 6) is 1.06. The van der Waals surface area contributed by atoms with E-state index in [4.69, 9.17) is 4.74 Å². The highest BCUT2D eigenvalue weighted by atomic mass is 19.1. The van der Waals surface area contributed by atoms with E-state index in [2.05, 4.69) is 5.32 Å². The average Bonchev–Trinajstić information content (AvgIpc) is 2.16. The number of ether oxygens (including phenoxy) is 1. The van der Waals surface area contributed by atoms with Crippen LogP contribution >= 0.6 is 0 Å². The molecule has 1 saturated carbocycles. The van der Waals surface area contributed by atoms with Gasteiger partial charge in [0.25, 0.3) is 0 Å². The molecule has 1 N–H and O–H groups in total. The summed E-state index contributed by atoms with van der Waals surface area (Å²) in [6.45, 7) is 0. The fourth-order valence-corrected chi connectivity index (χ4v) is 2.13. The molecule has 1 fully saturated rings. The van der Waals surface area contributed by atoms with Gasteiger partial charge in [-0.15, -0.1) is 0 Å². The lowest BCUT2D eigenvalue weighted by molar-refractivity contribution is 0.296. The molecular weight excluding hydrogens is 193 g/mol. The Bertz CT molecular complexity index is 347. The van der Waals surface area contributed by atoms with Gasteiger partial charge in [-0.25, -0.2) is 4.39 Å². The molecule has 15 heavy (non-hydrogen) atoms. The molecule has 1 aromatic carbocycles. The number of methoxy groups -OCH3 is 1. The minimum atomic E-state index is -0.182. The van der Waals surface area contributed by atoms with Gasteiger partial charge in [0.05, 0.1) is 7.11 Å². The number of rotatable bonds is 3. The van der Waals surface area contributed by atoms with E-state index >= 15 is 0 Å². The molecule has 0 aromatic heterocycles. The molecule has 0 unspecified atom stereocenters. The summed E-state index contributed by atoms with van der Waals surface area (Å²) in [5.41, 5.74) is 1.00. The van der Waals surface area contributed by atoms with Crippen molar-refractivity contribution in [3.8, 4) is 5.75 Å². The number of hydrogen-bond acceptors (Lipinski definition) is 2. The zero-order valence-corrected chi connectivity index (χ0v) is 9.09. The van der Waals surface area contributed by atoms with Gasteiger partial charge in [0.15, 0.2) is 0 Å². The number of hydrogen-bond donors (Lipinski definition) is 1. The quantitative estimate of drug-likeness (QED) is 0.824. The summed E-state index contributed by atoms with van der Waals surface area (Å²) in [5, 5.41) is 3.22. The van der Waals surface area contributed by atoms with Crippen molar-refractivity contribution in [2.75, 3.05) is 14.2 Å². The minimum Gasteiger partial charge on any atom is -0.496 e. The van der Waals surface area contributed by atoms with Gasteiger partial charge in [-0.3, -0.25) is 0 Å². The van der Waals surface area contributed by atoms with E-state index in [1.807, 2.05) is 7.05 Å². The predicted molar refractivity (Wildman–Crippen MR) is 57.8 cm³/mol. The van der Waals surface area contributed by atoms with Gasteiger partial charge in [-0.1, -0.05) is 0 Å². The highest BCUT2D eigenvalue weighted by Crippen LogP contribution is 2.41. The van der Waals surface area contributed by atoms with Crippen LogP contribution in [0.4, 0.5) is 4.39 Å². The molecule has 3 heteroatoms. The topological polar surface area (TPSA) is 21.3 Å². The summed E-state index contributed by atoms with van der Waals surface area (Å²) in [6.07, 6.45) is 2.13. The molecule has 82 valence electrons. The molecule has 1 aromatic rings. The van der Waals surface area contributed by atoms with Crippen LogP contribution in [-0.4, -0.2) is 20.2 Å². The number of benzene rings is 1. The van der Waals surface area contributed by atoms with Crippen LogP contribution < -0.4 is 10.1 Å². The van der Waals surface area contributed by atoms with Gasteiger partial charge < -0.3 is 10.1 Å². The first-order chi connectivity index (χ1) is 7.24. The Labute approximate surface area is 89.4 Å². The van der Waals surface area contributed by atoms with Crippen molar-refractivity contribution >= 4 is 0 Å². The molecule has 2 nitrogen and oxygen atoms in total. The number of nitrogens with one attached hydrogen (secondary N) is 1. The van der Waals surface area contributed by atoms with Crippen LogP contribution in [0.2, 0.25) is 0 Å². The molecule has 2 rings (SSSR count). The second kappa shape index (κ2) is 4.19. The molecule has 0 heterocycles. The van der Waals surface area contributed by atoms with E-state index in [0.717, 1.165) is 24.2 Å². The van der Waals surface area contributed by atoms with Crippen LogP contribution in [0.15, 0.2) is 18.2 Å². The Balaban J connectivity index is 2.17. The monoisotopic (exact) mass is 209 g/mol. The highest BCUT2D eigenvalue weighted by molar-refractivity contribution is 5.38. The normalized spacial score (nSPS) is 24.7. The van der Waals surface area contributed by atoms with Gasteiger partial charge in [0.1, 0.15) is 11.6 Å². The zero-order chi connectivity index (χ0) is 10.8. The third-order valence-electron chi connectivity index (χ3n) is 3.18. The average molecular weight is 209 g/mol. The second-order valence-electron chi connectivity index (χ2n) is 4.04. The third kappa shape index (κ3) is 1.97. The summed E-state index contributed by atoms with van der Waals surface area (Å²) in [7, 11) is 3.59. The van der Waals surface area contributed by atoms with Gasteiger partial charge in [-0.2, -0.15) is 0 Å². The maximum atomic E-state index is 13.1. The Hall–Kier alpha value is -1.09. The first-order valence-electron chi connectivity index (χ1n) is 5.25. The molecule has 0 amide bonds. The molecule has 0 aliphatic heterocycles. The molecule has 1 aliphatic carbocycles. The van der Waals surface area contributed by atoms with Crippen LogP contribution in [-0.2, 0) is 0 Å². The SMILES string of the molecule is CNC1CC(c2cc(F)ccc2OC)C1. The van der Waals surface area contributed by atoms with Gasteiger partial charge in [0, 0.05) is 11.6 Å². The van der Waals surface area contributed by atoms with Gasteiger partial charge in [-0.05, 0) is 44.0 Å². The van der Waals surface area contributed by atoms with E-state index in [-0.39, 0.29) is 5.82 Å². The van der Waals surface area contributed by atoms with Crippen LogP contribution in [0, 0.1) is 5.82 Å². The molecule has 0 radical (unpaired) electrons. The van der Waals surface area contributed by atoms with Crippen molar-refractivity contribution in [3.63, 3.8) is 0 Å². The van der Waals surface area contributed by atoms with E-state index in [0.29, 0.717) is 12.0 Å².